The van der Waals surface area contributed by atoms with E-state index in [1.165, 1.54) is 5.56 Å². The van der Waals surface area contributed by atoms with Gasteiger partial charge in [0.2, 0.25) is 0 Å². The third kappa shape index (κ3) is 5.72. The third-order valence-corrected chi connectivity index (χ3v) is 2.86. The van der Waals surface area contributed by atoms with E-state index in [1.54, 1.807) is 0 Å². The molecule has 0 radical (unpaired) electrons. The Morgan fingerprint density at radius 1 is 1.26 bits per heavy atom. The number of aromatic nitrogens is 2. The molecule has 0 amide bonds. The first-order valence-electron chi connectivity index (χ1n) is 7.15. The van der Waals surface area contributed by atoms with Crippen LogP contribution in [0.15, 0.2) is 12.4 Å². The molecule has 1 rings (SSSR count). The first kappa shape index (κ1) is 16.1. The van der Waals surface area contributed by atoms with Crippen molar-refractivity contribution in [2.24, 2.45) is 7.05 Å². The van der Waals surface area contributed by atoms with E-state index in [1.807, 2.05) is 38.0 Å². The summed E-state index contributed by atoms with van der Waals surface area (Å²) in [4.78, 5) is 0. The number of hydrogen-bond acceptors (Lipinski definition) is 4. The van der Waals surface area contributed by atoms with E-state index in [4.69, 9.17) is 9.47 Å². The summed E-state index contributed by atoms with van der Waals surface area (Å²) in [5.41, 5.74) is 1.19. The Morgan fingerprint density at radius 2 is 1.95 bits per heavy atom. The minimum Gasteiger partial charge on any atom is -0.351 e. The fourth-order valence-corrected chi connectivity index (χ4v) is 2.03. The van der Waals surface area contributed by atoms with Crippen molar-refractivity contribution in [3.8, 4) is 0 Å². The highest BCUT2D eigenvalue weighted by Gasteiger charge is 2.22. The maximum atomic E-state index is 5.71. The molecule has 1 heterocycles. The van der Waals surface area contributed by atoms with Crippen molar-refractivity contribution in [2.75, 3.05) is 19.8 Å². The first-order chi connectivity index (χ1) is 9.21. The normalized spacial score (nSPS) is 13.1. The lowest BCUT2D eigenvalue weighted by Gasteiger charge is -2.27. The van der Waals surface area contributed by atoms with Crippen LogP contribution in [0.25, 0.3) is 0 Å². The molecule has 1 atom stereocenters. The molecule has 0 bridgehead atoms. The molecular weight excluding hydrogens is 242 g/mol. The predicted octanol–water partition coefficient (Wildman–Crippen LogP) is 1.73. The fraction of sp³-hybridized carbons (Fsp3) is 0.786. The molecule has 0 saturated carbocycles. The van der Waals surface area contributed by atoms with Crippen molar-refractivity contribution >= 4 is 0 Å². The molecule has 5 heteroatoms. The molecular formula is C14H27N3O2. The monoisotopic (exact) mass is 269 g/mol. The zero-order chi connectivity index (χ0) is 14.1. The van der Waals surface area contributed by atoms with Gasteiger partial charge in [-0.25, -0.2) is 0 Å². The summed E-state index contributed by atoms with van der Waals surface area (Å²) in [7, 11) is 1.93. The second kappa shape index (κ2) is 9.07. The maximum Gasteiger partial charge on any atom is 0.172 e. The Bertz CT molecular complexity index is 335. The Labute approximate surface area is 116 Å². The lowest BCUT2D eigenvalue weighted by atomic mass is 10.1. The highest BCUT2D eigenvalue weighted by Crippen LogP contribution is 2.10. The molecule has 0 aliphatic rings. The Hall–Kier alpha value is -0.910. The number of aryl methyl sites for hydroxylation is 1. The second-order valence-corrected chi connectivity index (χ2v) is 4.57. The standard InChI is InChI=1S/C14H27N3O2/c1-5-8-15-13(14(18-6-2)19-7-3)9-12-10-16-17(4)11-12/h10-11,13-15H,5-9H2,1-4H3. The van der Waals surface area contributed by atoms with E-state index in [2.05, 4.69) is 17.3 Å². The molecule has 1 aromatic heterocycles. The Morgan fingerprint density at radius 3 is 2.42 bits per heavy atom. The summed E-state index contributed by atoms with van der Waals surface area (Å²) >= 11 is 0. The maximum absolute atomic E-state index is 5.71. The average molecular weight is 269 g/mol. The summed E-state index contributed by atoms with van der Waals surface area (Å²) in [6, 6.07) is 0.157. The van der Waals surface area contributed by atoms with Crippen molar-refractivity contribution in [3.63, 3.8) is 0 Å². The van der Waals surface area contributed by atoms with Gasteiger partial charge in [-0.05, 0) is 38.8 Å². The molecule has 0 aromatic carbocycles. The molecule has 19 heavy (non-hydrogen) atoms. The Kier molecular flexibility index (Phi) is 7.70. The molecule has 0 spiro atoms. The summed E-state index contributed by atoms with van der Waals surface area (Å²) in [5.74, 6) is 0. The molecule has 0 saturated heterocycles. The number of hydrogen-bond donors (Lipinski definition) is 1. The van der Waals surface area contributed by atoms with E-state index in [9.17, 15) is 0 Å². The van der Waals surface area contributed by atoms with Crippen molar-refractivity contribution in [1.82, 2.24) is 15.1 Å². The molecule has 1 N–H and O–H groups in total. The van der Waals surface area contributed by atoms with Crippen LogP contribution in [0, 0.1) is 0 Å². The van der Waals surface area contributed by atoms with Crippen LogP contribution in [-0.2, 0) is 22.9 Å². The minimum absolute atomic E-state index is 0.157. The van der Waals surface area contributed by atoms with Crippen LogP contribution in [0.4, 0.5) is 0 Å². The molecule has 1 unspecified atom stereocenters. The van der Waals surface area contributed by atoms with Crippen LogP contribution in [0.1, 0.15) is 32.8 Å². The van der Waals surface area contributed by atoms with Gasteiger partial charge in [0.25, 0.3) is 0 Å². The van der Waals surface area contributed by atoms with Crippen LogP contribution < -0.4 is 5.32 Å². The van der Waals surface area contributed by atoms with E-state index >= 15 is 0 Å². The fourth-order valence-electron chi connectivity index (χ4n) is 2.03. The largest absolute Gasteiger partial charge is 0.351 e. The van der Waals surface area contributed by atoms with Gasteiger partial charge in [-0.3, -0.25) is 4.68 Å². The SMILES string of the molecule is CCCNC(Cc1cnn(C)c1)C(OCC)OCC. The van der Waals surface area contributed by atoms with Crippen molar-refractivity contribution < 1.29 is 9.47 Å². The van der Waals surface area contributed by atoms with Gasteiger partial charge in [0, 0.05) is 26.5 Å². The number of ether oxygens (including phenoxy) is 2. The van der Waals surface area contributed by atoms with Crippen LogP contribution in [0.2, 0.25) is 0 Å². The smallest absolute Gasteiger partial charge is 0.172 e. The third-order valence-electron chi connectivity index (χ3n) is 2.86. The average Bonchev–Trinajstić information content (AvgIpc) is 2.80. The number of rotatable bonds is 10. The van der Waals surface area contributed by atoms with Crippen LogP contribution in [0.3, 0.4) is 0 Å². The summed E-state index contributed by atoms with van der Waals surface area (Å²) in [6.45, 7) is 8.41. The van der Waals surface area contributed by atoms with Crippen molar-refractivity contribution in [1.29, 1.82) is 0 Å². The predicted molar refractivity (Wildman–Crippen MR) is 76.0 cm³/mol. The minimum atomic E-state index is -0.207. The van der Waals surface area contributed by atoms with E-state index in [0.29, 0.717) is 13.2 Å². The van der Waals surface area contributed by atoms with Gasteiger partial charge in [-0.2, -0.15) is 5.10 Å². The zero-order valence-electron chi connectivity index (χ0n) is 12.6. The van der Waals surface area contributed by atoms with Gasteiger partial charge in [0.15, 0.2) is 6.29 Å². The number of nitrogens with one attached hydrogen (secondary N) is 1. The molecule has 110 valence electrons. The van der Waals surface area contributed by atoms with Gasteiger partial charge in [0.1, 0.15) is 0 Å². The molecule has 0 aliphatic carbocycles. The second-order valence-electron chi connectivity index (χ2n) is 4.57. The van der Waals surface area contributed by atoms with E-state index in [0.717, 1.165) is 19.4 Å². The molecule has 1 aromatic rings. The van der Waals surface area contributed by atoms with Crippen LogP contribution >= 0.6 is 0 Å². The van der Waals surface area contributed by atoms with Crippen molar-refractivity contribution in [2.45, 2.75) is 45.9 Å². The van der Waals surface area contributed by atoms with Gasteiger partial charge in [-0.15, -0.1) is 0 Å². The molecule has 0 aliphatic heterocycles. The highest BCUT2D eigenvalue weighted by molar-refractivity contribution is 5.06. The van der Waals surface area contributed by atoms with E-state index in [-0.39, 0.29) is 12.3 Å². The number of nitrogens with zero attached hydrogens (tertiary/aromatic N) is 2. The zero-order valence-corrected chi connectivity index (χ0v) is 12.6. The highest BCUT2D eigenvalue weighted by atomic mass is 16.7. The topological polar surface area (TPSA) is 48.3 Å². The van der Waals surface area contributed by atoms with Gasteiger partial charge in [-0.1, -0.05) is 6.92 Å². The summed E-state index contributed by atoms with van der Waals surface area (Å²) in [6.07, 6.45) is 5.68. The van der Waals surface area contributed by atoms with E-state index < -0.39 is 0 Å². The molecule has 5 nitrogen and oxygen atoms in total. The lowest BCUT2D eigenvalue weighted by molar-refractivity contribution is -0.153. The van der Waals surface area contributed by atoms with Crippen LogP contribution in [0.5, 0.6) is 0 Å². The first-order valence-corrected chi connectivity index (χ1v) is 7.15. The molecule has 0 fully saturated rings. The summed E-state index contributed by atoms with van der Waals surface area (Å²) in [5, 5.41) is 7.72. The van der Waals surface area contributed by atoms with Gasteiger partial charge < -0.3 is 14.8 Å². The quantitative estimate of drug-likeness (QED) is 0.657. The van der Waals surface area contributed by atoms with Crippen molar-refractivity contribution in [3.05, 3.63) is 18.0 Å². The van der Waals surface area contributed by atoms with Gasteiger partial charge >= 0.3 is 0 Å². The lowest BCUT2D eigenvalue weighted by Crippen LogP contribution is -2.45. The van der Waals surface area contributed by atoms with Gasteiger partial charge in [0.05, 0.1) is 12.2 Å². The van der Waals surface area contributed by atoms with Crippen LogP contribution in [-0.4, -0.2) is 41.9 Å². The Balaban J connectivity index is 2.67. The summed E-state index contributed by atoms with van der Waals surface area (Å²) < 4.78 is 13.2.